The fraction of sp³-hybridized carbons (Fsp3) is 0.944. The van der Waals surface area contributed by atoms with E-state index < -0.39 is 6.10 Å². The normalized spacial score (nSPS) is 34.3. The minimum atomic E-state index is -0.431. The molecule has 5 nitrogen and oxygen atoms in total. The van der Waals surface area contributed by atoms with Gasteiger partial charge in [-0.25, -0.2) is 0 Å². The first-order valence-corrected chi connectivity index (χ1v) is 9.45. The Balaban J connectivity index is 1.62. The minimum Gasteiger partial charge on any atom is -0.389 e. The lowest BCUT2D eigenvalue weighted by Gasteiger charge is -2.46. The zero-order valence-electron chi connectivity index (χ0n) is 14.5. The van der Waals surface area contributed by atoms with E-state index in [4.69, 9.17) is 4.74 Å². The molecule has 0 bridgehead atoms. The number of hydrogen-bond donors (Lipinski definition) is 1. The number of nitrogens with zero attached hydrogens (tertiary/aromatic N) is 2. The van der Waals surface area contributed by atoms with Gasteiger partial charge in [-0.05, 0) is 32.1 Å². The van der Waals surface area contributed by atoms with Crippen LogP contribution in [0.3, 0.4) is 0 Å². The summed E-state index contributed by atoms with van der Waals surface area (Å²) in [6, 6.07) is 0.158. The minimum absolute atomic E-state index is 0.0222. The molecule has 0 unspecified atom stereocenters. The van der Waals surface area contributed by atoms with Crippen molar-refractivity contribution in [1.29, 1.82) is 0 Å². The summed E-state index contributed by atoms with van der Waals surface area (Å²) in [6.07, 6.45) is 8.28. The molecule has 3 aliphatic rings. The van der Waals surface area contributed by atoms with Crippen LogP contribution in [0.5, 0.6) is 0 Å². The van der Waals surface area contributed by atoms with Crippen LogP contribution in [0.1, 0.15) is 51.4 Å². The summed E-state index contributed by atoms with van der Waals surface area (Å²) in [6.45, 7) is 3.30. The number of amides is 1. The van der Waals surface area contributed by atoms with Crippen molar-refractivity contribution >= 4 is 5.91 Å². The van der Waals surface area contributed by atoms with Crippen LogP contribution < -0.4 is 0 Å². The Morgan fingerprint density at radius 1 is 1.04 bits per heavy atom. The van der Waals surface area contributed by atoms with Crippen LogP contribution in [0, 0.1) is 5.92 Å². The molecule has 5 heteroatoms. The van der Waals surface area contributed by atoms with Crippen molar-refractivity contribution in [3.05, 3.63) is 0 Å². The summed E-state index contributed by atoms with van der Waals surface area (Å²) in [4.78, 5) is 17.0. The third-order valence-electron chi connectivity index (χ3n) is 6.10. The van der Waals surface area contributed by atoms with Crippen LogP contribution in [-0.2, 0) is 9.53 Å². The number of morpholine rings is 1. The largest absolute Gasteiger partial charge is 0.389 e. The van der Waals surface area contributed by atoms with Crippen LogP contribution in [-0.4, -0.2) is 72.4 Å². The van der Waals surface area contributed by atoms with E-state index in [9.17, 15) is 9.90 Å². The maximum absolute atomic E-state index is 12.8. The van der Waals surface area contributed by atoms with E-state index in [1.807, 2.05) is 11.9 Å². The lowest BCUT2D eigenvalue weighted by molar-refractivity contribution is -0.143. The second-order valence-corrected chi connectivity index (χ2v) is 7.49. The number of rotatable bonds is 3. The van der Waals surface area contributed by atoms with E-state index in [0.29, 0.717) is 0 Å². The smallest absolute Gasteiger partial charge is 0.225 e. The standard InChI is InChI=1S/C18H32N2O3/c1-19(18(22)14-6-3-2-4-7-14)15-8-5-9-16(17(15)21)20-10-12-23-13-11-20/h14-17,21H,2-13H2,1H3/t15-,16-,17-/m1/s1. The SMILES string of the molecule is CN(C(=O)C1CCCCC1)[C@@H]1CCC[C@@H](N2CCOCC2)[C@@H]1O. The average Bonchev–Trinajstić information content (AvgIpc) is 2.62. The number of carbonyl (C=O) groups excluding carboxylic acids is 1. The molecule has 132 valence electrons. The summed E-state index contributed by atoms with van der Waals surface area (Å²) in [5, 5.41) is 10.9. The van der Waals surface area contributed by atoms with Gasteiger partial charge in [-0.3, -0.25) is 9.69 Å². The molecule has 23 heavy (non-hydrogen) atoms. The first-order valence-electron chi connectivity index (χ1n) is 9.45. The Bertz CT molecular complexity index is 392. The molecule has 0 aromatic heterocycles. The maximum atomic E-state index is 12.8. The van der Waals surface area contributed by atoms with Gasteiger partial charge in [0.1, 0.15) is 0 Å². The van der Waals surface area contributed by atoms with Gasteiger partial charge >= 0.3 is 0 Å². The molecule has 0 aromatic rings. The Hall–Kier alpha value is -0.650. The number of hydrogen-bond acceptors (Lipinski definition) is 4. The highest BCUT2D eigenvalue weighted by molar-refractivity contribution is 5.79. The highest BCUT2D eigenvalue weighted by Crippen LogP contribution is 2.30. The molecule has 2 saturated carbocycles. The number of carbonyl (C=O) groups is 1. The van der Waals surface area contributed by atoms with Gasteiger partial charge < -0.3 is 14.7 Å². The summed E-state index contributed by atoms with van der Waals surface area (Å²) in [5.74, 6) is 0.445. The van der Waals surface area contributed by atoms with Gasteiger partial charge in [0.15, 0.2) is 0 Å². The number of aliphatic hydroxyl groups excluding tert-OH is 1. The highest BCUT2D eigenvalue weighted by atomic mass is 16.5. The fourth-order valence-electron chi connectivity index (χ4n) is 4.67. The van der Waals surface area contributed by atoms with E-state index in [1.165, 1.54) is 19.3 Å². The second kappa shape index (κ2) is 7.95. The molecule has 0 aromatic carbocycles. The van der Waals surface area contributed by atoms with Crippen molar-refractivity contribution in [1.82, 2.24) is 9.80 Å². The summed E-state index contributed by atoms with van der Waals surface area (Å²) in [7, 11) is 1.91. The lowest BCUT2D eigenvalue weighted by atomic mass is 9.84. The first-order chi connectivity index (χ1) is 11.2. The second-order valence-electron chi connectivity index (χ2n) is 7.49. The quantitative estimate of drug-likeness (QED) is 0.857. The summed E-state index contributed by atoms with van der Waals surface area (Å²) >= 11 is 0. The van der Waals surface area contributed by atoms with E-state index in [2.05, 4.69) is 4.90 Å². The van der Waals surface area contributed by atoms with Crippen molar-refractivity contribution in [3.8, 4) is 0 Å². The Morgan fingerprint density at radius 2 is 1.74 bits per heavy atom. The van der Waals surface area contributed by atoms with Crippen molar-refractivity contribution < 1.29 is 14.6 Å². The summed E-state index contributed by atoms with van der Waals surface area (Å²) < 4.78 is 5.43. The number of likely N-dealkylation sites (N-methyl/N-ethyl adjacent to an activating group) is 1. The molecule has 3 fully saturated rings. The van der Waals surface area contributed by atoms with Gasteiger partial charge in [-0.15, -0.1) is 0 Å². The molecule has 1 aliphatic heterocycles. The van der Waals surface area contributed by atoms with Crippen molar-refractivity contribution in [2.75, 3.05) is 33.4 Å². The first kappa shape index (κ1) is 17.2. The van der Waals surface area contributed by atoms with Crippen molar-refractivity contribution in [2.45, 2.75) is 69.6 Å². The zero-order chi connectivity index (χ0) is 16.2. The molecule has 1 saturated heterocycles. The molecule has 0 radical (unpaired) electrons. The van der Waals surface area contributed by atoms with Gasteiger partial charge in [-0.1, -0.05) is 19.3 Å². The van der Waals surface area contributed by atoms with Gasteiger partial charge in [-0.2, -0.15) is 0 Å². The predicted octanol–water partition coefficient (Wildman–Crippen LogP) is 1.64. The maximum Gasteiger partial charge on any atom is 0.225 e. The van der Waals surface area contributed by atoms with Gasteiger partial charge in [0.25, 0.3) is 0 Å². The highest BCUT2D eigenvalue weighted by Gasteiger charge is 2.40. The molecule has 1 N–H and O–H groups in total. The zero-order valence-corrected chi connectivity index (χ0v) is 14.5. The monoisotopic (exact) mass is 324 g/mol. The third kappa shape index (κ3) is 3.89. The number of aliphatic hydroxyl groups is 1. The third-order valence-corrected chi connectivity index (χ3v) is 6.10. The van der Waals surface area contributed by atoms with Crippen LogP contribution in [0.25, 0.3) is 0 Å². The Kier molecular flexibility index (Phi) is 5.94. The molecule has 0 spiro atoms. The van der Waals surface area contributed by atoms with Gasteiger partial charge in [0.05, 0.1) is 25.4 Å². The van der Waals surface area contributed by atoms with E-state index in [-0.39, 0.29) is 23.9 Å². The molecule has 3 rings (SSSR count). The van der Waals surface area contributed by atoms with Crippen LogP contribution in [0.2, 0.25) is 0 Å². The molecule has 1 heterocycles. The predicted molar refractivity (Wildman–Crippen MR) is 89.2 cm³/mol. The molecule has 3 atom stereocenters. The number of ether oxygens (including phenoxy) is 1. The summed E-state index contributed by atoms with van der Waals surface area (Å²) in [5.41, 5.74) is 0. The van der Waals surface area contributed by atoms with E-state index >= 15 is 0 Å². The van der Waals surface area contributed by atoms with Crippen molar-refractivity contribution in [2.24, 2.45) is 5.92 Å². The van der Waals surface area contributed by atoms with Crippen LogP contribution >= 0.6 is 0 Å². The van der Waals surface area contributed by atoms with E-state index in [0.717, 1.165) is 58.4 Å². The van der Waals surface area contributed by atoms with Crippen molar-refractivity contribution in [3.63, 3.8) is 0 Å². The molecular formula is C18H32N2O3. The van der Waals surface area contributed by atoms with Crippen LogP contribution in [0.15, 0.2) is 0 Å². The molecule has 2 aliphatic carbocycles. The molecule has 1 amide bonds. The van der Waals surface area contributed by atoms with E-state index in [1.54, 1.807) is 0 Å². The fourth-order valence-corrected chi connectivity index (χ4v) is 4.67. The Morgan fingerprint density at radius 3 is 2.43 bits per heavy atom. The Labute approximate surface area is 140 Å². The van der Waals surface area contributed by atoms with Gasteiger partial charge in [0.2, 0.25) is 5.91 Å². The topological polar surface area (TPSA) is 53.0 Å². The van der Waals surface area contributed by atoms with Crippen LogP contribution in [0.4, 0.5) is 0 Å². The molecular weight excluding hydrogens is 292 g/mol. The lowest BCUT2D eigenvalue weighted by Crippen LogP contribution is -2.59. The van der Waals surface area contributed by atoms with Gasteiger partial charge in [0, 0.05) is 32.1 Å². The average molecular weight is 324 g/mol.